The number of para-hydroxylation sites is 1. The summed E-state index contributed by atoms with van der Waals surface area (Å²) in [5, 5.41) is 2.91. The summed E-state index contributed by atoms with van der Waals surface area (Å²) in [4.78, 5) is 0. The van der Waals surface area contributed by atoms with Gasteiger partial charge in [-0.25, -0.2) is 5.43 Å². The Morgan fingerprint density at radius 2 is 1.89 bits per heavy atom. The maximum atomic E-state index is 6.12. The summed E-state index contributed by atoms with van der Waals surface area (Å²) >= 11 is 6.12. The predicted molar refractivity (Wildman–Crippen MR) is 83.2 cm³/mol. The van der Waals surface area contributed by atoms with Crippen molar-refractivity contribution in [2.45, 2.75) is 19.9 Å². The Morgan fingerprint density at radius 1 is 1.21 bits per heavy atom. The molecule has 0 fully saturated rings. The van der Waals surface area contributed by atoms with Gasteiger partial charge in [-0.15, -0.1) is 0 Å². The quantitative estimate of drug-likeness (QED) is 0.838. The second-order valence-corrected chi connectivity index (χ2v) is 5.15. The summed E-state index contributed by atoms with van der Waals surface area (Å²) in [6, 6.07) is 10.4. The van der Waals surface area contributed by atoms with Crippen molar-refractivity contribution in [2.24, 2.45) is 0 Å². The number of hydrogen-bond donors (Lipinski definition) is 1. The van der Waals surface area contributed by atoms with E-state index in [4.69, 9.17) is 11.6 Å². The van der Waals surface area contributed by atoms with Crippen LogP contribution in [0.5, 0.6) is 0 Å². The second-order valence-electron chi connectivity index (χ2n) is 4.72. The largest absolute Gasteiger partial charge is 0.297 e. The minimum atomic E-state index is 0.153. The molecule has 3 heteroatoms. The third-order valence-corrected chi connectivity index (χ3v) is 3.42. The molecule has 0 bridgehead atoms. The molecule has 1 unspecified atom stereocenters. The average molecular weight is 275 g/mol. The first kappa shape index (κ1) is 13.9. The molecular weight excluding hydrogens is 256 g/mol. The number of hydrogen-bond acceptors (Lipinski definition) is 2. The minimum Gasteiger partial charge on any atom is -0.297 e. The number of anilines is 1. The van der Waals surface area contributed by atoms with E-state index in [1.807, 2.05) is 37.4 Å². The molecule has 0 aromatic heterocycles. The first-order valence-corrected chi connectivity index (χ1v) is 6.75. The average Bonchev–Trinajstić information content (AvgIpc) is 2.42. The Hall–Kier alpha value is -1.51. The summed E-state index contributed by atoms with van der Waals surface area (Å²) in [5.41, 5.74) is 6.89. The second kappa shape index (κ2) is 6.09. The molecule has 0 saturated heterocycles. The fraction of sp³-hybridized carbons (Fsp3) is 0.250. The van der Waals surface area contributed by atoms with Crippen LogP contribution in [0, 0.1) is 0 Å². The minimum absolute atomic E-state index is 0.153. The van der Waals surface area contributed by atoms with Crippen LogP contribution in [0.3, 0.4) is 0 Å². The maximum Gasteiger partial charge on any atom is 0.0888 e. The highest BCUT2D eigenvalue weighted by atomic mass is 35.5. The molecule has 1 aliphatic carbocycles. The van der Waals surface area contributed by atoms with Gasteiger partial charge in [0.05, 0.1) is 11.7 Å². The summed E-state index contributed by atoms with van der Waals surface area (Å²) in [6.07, 6.45) is 6.11. The lowest BCUT2D eigenvalue weighted by Gasteiger charge is -2.33. The van der Waals surface area contributed by atoms with Gasteiger partial charge in [0, 0.05) is 12.1 Å². The molecule has 1 atom stereocenters. The van der Waals surface area contributed by atoms with Gasteiger partial charge in [0.25, 0.3) is 0 Å². The molecule has 0 heterocycles. The van der Waals surface area contributed by atoms with E-state index in [9.17, 15) is 0 Å². The molecule has 19 heavy (non-hydrogen) atoms. The highest BCUT2D eigenvalue weighted by molar-refractivity contribution is 6.31. The number of rotatable bonds is 3. The predicted octanol–water partition coefficient (Wildman–Crippen LogP) is 4.02. The van der Waals surface area contributed by atoms with Crippen molar-refractivity contribution in [1.29, 1.82) is 0 Å². The smallest absolute Gasteiger partial charge is 0.0888 e. The third-order valence-electron chi connectivity index (χ3n) is 3.18. The first-order chi connectivity index (χ1) is 9.13. The zero-order chi connectivity index (χ0) is 13.8. The summed E-state index contributed by atoms with van der Waals surface area (Å²) in [5.74, 6) is 0. The van der Waals surface area contributed by atoms with Crippen LogP contribution in [0.15, 0.2) is 64.7 Å². The molecule has 1 aromatic rings. The van der Waals surface area contributed by atoms with Gasteiger partial charge in [0.15, 0.2) is 0 Å². The SMILES string of the molecule is CNN(c1ccccc1)C1C=CC(Cl)=CC1=C(C)C. The number of hydrazine groups is 1. The summed E-state index contributed by atoms with van der Waals surface area (Å²) in [7, 11) is 1.93. The van der Waals surface area contributed by atoms with Gasteiger partial charge in [0.2, 0.25) is 0 Å². The van der Waals surface area contributed by atoms with E-state index in [2.05, 4.69) is 42.5 Å². The van der Waals surface area contributed by atoms with Crippen molar-refractivity contribution in [3.8, 4) is 0 Å². The van der Waals surface area contributed by atoms with Crippen molar-refractivity contribution >= 4 is 17.3 Å². The fourth-order valence-corrected chi connectivity index (χ4v) is 2.44. The van der Waals surface area contributed by atoms with Gasteiger partial charge in [-0.1, -0.05) is 41.4 Å². The highest BCUT2D eigenvalue weighted by Crippen LogP contribution is 2.28. The molecule has 2 nitrogen and oxygen atoms in total. The van der Waals surface area contributed by atoms with Gasteiger partial charge >= 0.3 is 0 Å². The maximum absolute atomic E-state index is 6.12. The van der Waals surface area contributed by atoms with Crippen LogP contribution in [-0.4, -0.2) is 13.1 Å². The Morgan fingerprint density at radius 3 is 2.47 bits per heavy atom. The molecule has 1 aromatic carbocycles. The lowest BCUT2D eigenvalue weighted by molar-refractivity contribution is 0.669. The molecule has 1 N–H and O–H groups in total. The zero-order valence-corrected chi connectivity index (χ0v) is 12.3. The van der Waals surface area contributed by atoms with Gasteiger partial charge in [0.1, 0.15) is 0 Å². The van der Waals surface area contributed by atoms with E-state index in [-0.39, 0.29) is 6.04 Å². The van der Waals surface area contributed by atoms with Crippen LogP contribution in [-0.2, 0) is 0 Å². The van der Waals surface area contributed by atoms with Crippen molar-refractivity contribution < 1.29 is 0 Å². The van der Waals surface area contributed by atoms with Crippen molar-refractivity contribution in [2.75, 3.05) is 12.1 Å². The molecule has 0 spiro atoms. The Kier molecular flexibility index (Phi) is 4.46. The standard InChI is InChI=1S/C16H19ClN2/c1-12(2)15-11-13(17)9-10-16(15)19(18-3)14-7-5-4-6-8-14/h4-11,16,18H,1-3H3. The fourth-order valence-electron chi connectivity index (χ4n) is 2.25. The molecule has 2 rings (SSSR count). The molecule has 0 saturated carbocycles. The van der Waals surface area contributed by atoms with Crippen LogP contribution < -0.4 is 10.4 Å². The molecule has 0 amide bonds. The van der Waals surface area contributed by atoms with E-state index in [0.717, 1.165) is 10.7 Å². The van der Waals surface area contributed by atoms with E-state index < -0.39 is 0 Å². The number of nitrogens with zero attached hydrogens (tertiary/aromatic N) is 1. The Balaban J connectivity index is 2.39. The van der Waals surface area contributed by atoms with Crippen LogP contribution in [0.1, 0.15) is 13.8 Å². The van der Waals surface area contributed by atoms with Gasteiger partial charge in [-0.3, -0.25) is 5.01 Å². The highest BCUT2D eigenvalue weighted by Gasteiger charge is 2.21. The van der Waals surface area contributed by atoms with Crippen molar-refractivity contribution in [3.63, 3.8) is 0 Å². The van der Waals surface area contributed by atoms with Gasteiger partial charge < -0.3 is 0 Å². The van der Waals surface area contributed by atoms with Gasteiger partial charge in [-0.05, 0) is 43.7 Å². The van der Waals surface area contributed by atoms with Gasteiger partial charge in [-0.2, -0.15) is 0 Å². The van der Waals surface area contributed by atoms with Crippen molar-refractivity contribution in [1.82, 2.24) is 5.43 Å². The first-order valence-electron chi connectivity index (χ1n) is 6.38. The van der Waals surface area contributed by atoms with Crippen LogP contribution in [0.2, 0.25) is 0 Å². The number of allylic oxidation sites excluding steroid dienone is 3. The van der Waals surface area contributed by atoms with Crippen molar-refractivity contribution in [3.05, 3.63) is 64.7 Å². The third kappa shape index (κ3) is 3.09. The van der Waals surface area contributed by atoms with E-state index in [1.165, 1.54) is 11.1 Å². The normalized spacial score (nSPS) is 18.2. The lowest BCUT2D eigenvalue weighted by Crippen LogP contribution is -2.44. The lowest BCUT2D eigenvalue weighted by atomic mass is 9.97. The van der Waals surface area contributed by atoms with Crippen LogP contribution >= 0.6 is 11.6 Å². The summed E-state index contributed by atoms with van der Waals surface area (Å²) < 4.78 is 0. The van der Waals surface area contributed by atoms with Crippen LogP contribution in [0.4, 0.5) is 5.69 Å². The Labute approximate surface area is 120 Å². The molecule has 1 aliphatic rings. The van der Waals surface area contributed by atoms with E-state index in [1.54, 1.807) is 0 Å². The topological polar surface area (TPSA) is 15.3 Å². The Bertz CT molecular complexity index is 525. The number of nitrogens with one attached hydrogen (secondary N) is 1. The zero-order valence-electron chi connectivity index (χ0n) is 11.5. The molecule has 0 aliphatic heterocycles. The van der Waals surface area contributed by atoms with E-state index in [0.29, 0.717) is 0 Å². The van der Waals surface area contributed by atoms with E-state index >= 15 is 0 Å². The number of benzene rings is 1. The van der Waals surface area contributed by atoms with Crippen LogP contribution in [0.25, 0.3) is 0 Å². The molecule has 0 radical (unpaired) electrons. The molecule has 100 valence electrons. The molecular formula is C16H19ClN2. The number of halogens is 1. The monoisotopic (exact) mass is 274 g/mol. The summed E-state index contributed by atoms with van der Waals surface area (Å²) in [6.45, 7) is 4.22.